The number of aliphatic hydroxyl groups excluding tert-OH is 1. The maximum Gasteiger partial charge on any atom is 0.151 e. The van der Waals surface area contributed by atoms with Crippen LogP contribution in [0.5, 0.6) is 0 Å². The van der Waals surface area contributed by atoms with Crippen molar-refractivity contribution in [3.05, 3.63) is 34.3 Å². The van der Waals surface area contributed by atoms with Crippen LogP contribution in [0.2, 0.25) is 0 Å². The van der Waals surface area contributed by atoms with Gasteiger partial charge in [0.05, 0.1) is 5.25 Å². The zero-order valence-electron chi connectivity index (χ0n) is 8.80. The second-order valence-electron chi connectivity index (χ2n) is 4.22. The minimum absolute atomic E-state index is 0.0481. The number of hydrogen-bond acceptors (Lipinski definition) is 3. The first-order valence-electron chi connectivity index (χ1n) is 5.00. The van der Waals surface area contributed by atoms with Crippen molar-refractivity contribution in [2.24, 2.45) is 5.92 Å². The monoisotopic (exact) mass is 304 g/mol. The second-order valence-corrected chi connectivity index (χ2v) is 7.34. The summed E-state index contributed by atoms with van der Waals surface area (Å²) in [5.74, 6) is -0.190. The molecule has 2 rings (SSSR count). The number of hydrogen-bond donors (Lipinski definition) is 1. The van der Waals surface area contributed by atoms with Crippen molar-refractivity contribution in [3.63, 3.8) is 0 Å². The molecule has 3 atom stereocenters. The van der Waals surface area contributed by atoms with E-state index >= 15 is 0 Å². The molecule has 0 amide bonds. The largest absolute Gasteiger partial charge is 0.396 e. The molecular weight excluding hydrogens is 292 g/mol. The van der Waals surface area contributed by atoms with Gasteiger partial charge < -0.3 is 5.11 Å². The number of aliphatic hydroxyl groups is 1. The fourth-order valence-electron chi connectivity index (χ4n) is 2.27. The van der Waals surface area contributed by atoms with Crippen LogP contribution in [-0.2, 0) is 9.84 Å². The van der Waals surface area contributed by atoms with E-state index in [1.54, 1.807) is 0 Å². The summed E-state index contributed by atoms with van der Waals surface area (Å²) in [6, 6.07) is 7.59. The predicted octanol–water partition coefficient (Wildman–Crippen LogP) is 1.57. The van der Waals surface area contributed by atoms with Gasteiger partial charge in [0.2, 0.25) is 0 Å². The molecular formula is C11H13BrO3S. The van der Waals surface area contributed by atoms with E-state index in [1.807, 2.05) is 24.3 Å². The van der Waals surface area contributed by atoms with Gasteiger partial charge in [0.15, 0.2) is 9.84 Å². The Morgan fingerprint density at radius 2 is 1.88 bits per heavy atom. The molecule has 0 saturated heterocycles. The summed E-state index contributed by atoms with van der Waals surface area (Å²) < 4.78 is 24.0. The van der Waals surface area contributed by atoms with Crippen molar-refractivity contribution in [1.82, 2.24) is 0 Å². The second kappa shape index (κ2) is 4.13. The van der Waals surface area contributed by atoms with Gasteiger partial charge in [-0.05, 0) is 17.7 Å². The standard InChI is InChI=1S/C11H13BrO3S/c1-16(14,15)11-9(6-13)10(11)7-2-4-8(12)5-3-7/h2-5,9-11,13H,6H2,1H3/t9-,10-,11-/m0/s1. The zero-order chi connectivity index (χ0) is 11.9. The van der Waals surface area contributed by atoms with Gasteiger partial charge in [0.1, 0.15) is 0 Å². The smallest absolute Gasteiger partial charge is 0.151 e. The molecule has 0 aliphatic heterocycles. The maximum absolute atomic E-state index is 11.5. The number of rotatable bonds is 3. The van der Waals surface area contributed by atoms with Crippen LogP contribution in [0.15, 0.2) is 28.7 Å². The highest BCUT2D eigenvalue weighted by Gasteiger charge is 2.56. The Balaban J connectivity index is 2.27. The predicted molar refractivity (Wildman–Crippen MR) is 66.1 cm³/mol. The van der Waals surface area contributed by atoms with Crippen molar-refractivity contribution in [2.45, 2.75) is 11.2 Å². The molecule has 88 valence electrons. The lowest BCUT2D eigenvalue weighted by atomic mass is 10.1. The molecule has 1 aromatic carbocycles. The minimum Gasteiger partial charge on any atom is -0.396 e. The summed E-state index contributed by atoms with van der Waals surface area (Å²) in [4.78, 5) is 0. The maximum atomic E-state index is 11.5. The molecule has 1 fully saturated rings. The van der Waals surface area contributed by atoms with Gasteiger partial charge in [0.25, 0.3) is 0 Å². The highest BCUT2D eigenvalue weighted by atomic mass is 79.9. The third kappa shape index (κ3) is 2.17. The van der Waals surface area contributed by atoms with Crippen molar-refractivity contribution in [1.29, 1.82) is 0 Å². The van der Waals surface area contributed by atoms with E-state index in [9.17, 15) is 8.42 Å². The van der Waals surface area contributed by atoms with Crippen LogP contribution < -0.4 is 0 Å². The van der Waals surface area contributed by atoms with Gasteiger partial charge in [-0.1, -0.05) is 28.1 Å². The summed E-state index contributed by atoms with van der Waals surface area (Å²) in [7, 11) is -3.07. The summed E-state index contributed by atoms with van der Waals surface area (Å²) in [5.41, 5.74) is 0.984. The minimum atomic E-state index is -3.07. The van der Waals surface area contributed by atoms with Crippen LogP contribution in [0.25, 0.3) is 0 Å². The lowest BCUT2D eigenvalue weighted by Crippen LogP contribution is -2.08. The third-order valence-corrected chi connectivity index (χ3v) is 5.22. The molecule has 1 N–H and O–H groups in total. The fourth-order valence-corrected chi connectivity index (χ4v) is 4.22. The van der Waals surface area contributed by atoms with Crippen molar-refractivity contribution < 1.29 is 13.5 Å². The van der Waals surface area contributed by atoms with Gasteiger partial charge in [0, 0.05) is 29.2 Å². The van der Waals surface area contributed by atoms with E-state index in [4.69, 9.17) is 5.11 Å². The summed E-state index contributed by atoms with van der Waals surface area (Å²) in [6.07, 6.45) is 1.24. The summed E-state index contributed by atoms with van der Waals surface area (Å²) in [6.45, 7) is -0.0710. The Hall–Kier alpha value is -0.390. The number of halogens is 1. The van der Waals surface area contributed by atoms with E-state index in [1.165, 1.54) is 6.26 Å². The van der Waals surface area contributed by atoms with Gasteiger partial charge in [-0.25, -0.2) is 8.42 Å². The lowest BCUT2D eigenvalue weighted by molar-refractivity contribution is 0.274. The molecule has 0 unspecified atom stereocenters. The average Bonchev–Trinajstić information content (AvgIpc) is 2.92. The van der Waals surface area contributed by atoms with E-state index in [-0.39, 0.29) is 18.4 Å². The summed E-state index contributed by atoms with van der Waals surface area (Å²) in [5, 5.41) is 8.73. The van der Waals surface area contributed by atoms with Gasteiger partial charge >= 0.3 is 0 Å². The molecule has 5 heteroatoms. The van der Waals surface area contributed by atoms with Gasteiger partial charge in [-0.3, -0.25) is 0 Å². The average molecular weight is 305 g/mol. The SMILES string of the molecule is CS(=O)(=O)[C@H]1[C@@H](CO)[C@@H]1c1ccc(Br)cc1. The number of benzene rings is 1. The molecule has 1 aromatic rings. The molecule has 16 heavy (non-hydrogen) atoms. The van der Waals surface area contributed by atoms with Gasteiger partial charge in [-0.15, -0.1) is 0 Å². The van der Waals surface area contributed by atoms with Gasteiger partial charge in [-0.2, -0.15) is 0 Å². The molecule has 0 spiro atoms. The Bertz CT molecular complexity index is 480. The lowest BCUT2D eigenvalue weighted by Gasteiger charge is -1.99. The fraction of sp³-hybridized carbons (Fsp3) is 0.455. The highest BCUT2D eigenvalue weighted by molar-refractivity contribution is 9.10. The third-order valence-electron chi connectivity index (χ3n) is 3.06. The van der Waals surface area contributed by atoms with Crippen LogP contribution in [0.1, 0.15) is 11.5 Å². The van der Waals surface area contributed by atoms with Crippen LogP contribution in [0, 0.1) is 5.92 Å². The molecule has 0 radical (unpaired) electrons. The first-order chi connectivity index (χ1) is 7.45. The topological polar surface area (TPSA) is 54.4 Å². The first-order valence-corrected chi connectivity index (χ1v) is 7.75. The van der Waals surface area contributed by atoms with Crippen molar-refractivity contribution in [2.75, 3.05) is 12.9 Å². The van der Waals surface area contributed by atoms with E-state index < -0.39 is 15.1 Å². The van der Waals surface area contributed by atoms with E-state index in [0.717, 1.165) is 10.0 Å². The Morgan fingerprint density at radius 1 is 1.31 bits per heavy atom. The molecule has 1 aliphatic rings. The zero-order valence-corrected chi connectivity index (χ0v) is 11.2. The van der Waals surface area contributed by atoms with E-state index in [2.05, 4.69) is 15.9 Å². The Morgan fingerprint density at radius 3 is 2.25 bits per heavy atom. The van der Waals surface area contributed by atoms with Crippen molar-refractivity contribution >= 4 is 25.8 Å². The first kappa shape index (κ1) is 12.1. The number of sulfone groups is 1. The quantitative estimate of drug-likeness (QED) is 0.922. The van der Waals surface area contributed by atoms with Crippen LogP contribution >= 0.6 is 15.9 Å². The van der Waals surface area contributed by atoms with Crippen LogP contribution in [0.4, 0.5) is 0 Å². The molecule has 0 bridgehead atoms. The normalized spacial score (nSPS) is 29.1. The van der Waals surface area contributed by atoms with E-state index in [0.29, 0.717) is 0 Å². The highest BCUT2D eigenvalue weighted by Crippen LogP contribution is 2.51. The summed E-state index contributed by atoms with van der Waals surface area (Å²) >= 11 is 3.33. The molecule has 1 aliphatic carbocycles. The Kier molecular flexibility index (Phi) is 3.11. The molecule has 0 heterocycles. The Labute approximate surface area is 104 Å². The van der Waals surface area contributed by atoms with Crippen molar-refractivity contribution in [3.8, 4) is 0 Å². The molecule has 0 aromatic heterocycles. The van der Waals surface area contributed by atoms with Crippen LogP contribution in [0.3, 0.4) is 0 Å². The molecule has 1 saturated carbocycles. The molecule has 3 nitrogen and oxygen atoms in total. The van der Waals surface area contributed by atoms with Crippen LogP contribution in [-0.4, -0.2) is 31.6 Å².